The fourth-order valence-corrected chi connectivity index (χ4v) is 4.37. The Morgan fingerprint density at radius 1 is 1.04 bits per heavy atom. The van der Waals surface area contributed by atoms with E-state index in [0.717, 1.165) is 30.4 Å². The van der Waals surface area contributed by atoms with Crippen molar-refractivity contribution in [2.45, 2.75) is 38.5 Å². The molecule has 0 radical (unpaired) electrons. The van der Waals surface area contributed by atoms with Gasteiger partial charge in [-0.3, -0.25) is 0 Å². The van der Waals surface area contributed by atoms with Crippen molar-refractivity contribution in [1.29, 1.82) is 0 Å². The van der Waals surface area contributed by atoms with E-state index < -0.39 is 0 Å². The molecule has 1 atom stereocenters. The zero-order valence-electron chi connectivity index (χ0n) is 13.6. The predicted octanol–water partition coefficient (Wildman–Crippen LogP) is 3.92. The average molecular weight is 306 g/mol. The molecule has 0 aromatic heterocycles. The molecule has 2 aromatic rings. The van der Waals surface area contributed by atoms with Crippen molar-refractivity contribution in [1.82, 2.24) is 0 Å². The van der Waals surface area contributed by atoms with Crippen LogP contribution in [-0.2, 0) is 36.8 Å². The molecule has 0 amide bonds. The van der Waals surface area contributed by atoms with Crippen LogP contribution in [0.15, 0.2) is 36.4 Å². The highest BCUT2D eigenvalue weighted by molar-refractivity contribution is 5.91. The third-order valence-corrected chi connectivity index (χ3v) is 5.43. The summed E-state index contributed by atoms with van der Waals surface area (Å²) < 4.78 is 4.92. The SMILES string of the molecule is COC(=O)c1ccccc1C[C@H]1Cc2ccc3c(c2C1)CCC3. The molecule has 0 unspecified atom stereocenters. The Labute approximate surface area is 137 Å². The lowest BCUT2D eigenvalue weighted by atomic mass is 9.93. The van der Waals surface area contributed by atoms with Crippen molar-refractivity contribution in [3.63, 3.8) is 0 Å². The smallest absolute Gasteiger partial charge is 0.338 e. The van der Waals surface area contributed by atoms with Gasteiger partial charge in [-0.15, -0.1) is 0 Å². The Balaban J connectivity index is 1.57. The number of carbonyl (C=O) groups excluding carboxylic acids is 1. The maximum atomic E-state index is 12.0. The van der Waals surface area contributed by atoms with Gasteiger partial charge in [0, 0.05) is 0 Å². The standard InChI is InChI=1S/C21H22O2/c1-23-21(22)19-7-3-2-5-16(19)11-14-12-17-10-9-15-6-4-8-18(15)20(17)13-14/h2-3,5,7,9-10,14H,4,6,8,11-13H2,1H3/t14-/m0/s1. The Morgan fingerprint density at radius 2 is 1.87 bits per heavy atom. The number of esters is 1. The van der Waals surface area contributed by atoms with Crippen LogP contribution in [0.3, 0.4) is 0 Å². The minimum absolute atomic E-state index is 0.225. The Hall–Kier alpha value is -2.09. The third kappa shape index (κ3) is 2.56. The molecule has 0 fully saturated rings. The zero-order chi connectivity index (χ0) is 15.8. The summed E-state index contributed by atoms with van der Waals surface area (Å²) in [6, 6.07) is 12.5. The Morgan fingerprint density at radius 3 is 2.74 bits per heavy atom. The molecule has 118 valence electrons. The van der Waals surface area contributed by atoms with Gasteiger partial charge >= 0.3 is 5.97 Å². The van der Waals surface area contributed by atoms with Gasteiger partial charge < -0.3 is 4.74 Å². The molecule has 0 bridgehead atoms. The lowest BCUT2D eigenvalue weighted by Gasteiger charge is -2.12. The van der Waals surface area contributed by atoms with Crippen molar-refractivity contribution in [3.05, 3.63) is 69.8 Å². The molecular formula is C21H22O2. The van der Waals surface area contributed by atoms with Crippen LogP contribution in [0.4, 0.5) is 0 Å². The highest BCUT2D eigenvalue weighted by Gasteiger charge is 2.27. The molecule has 2 aliphatic carbocycles. The van der Waals surface area contributed by atoms with Crippen LogP contribution in [0.2, 0.25) is 0 Å². The molecule has 0 aliphatic heterocycles. The van der Waals surface area contributed by atoms with Gasteiger partial charge in [-0.05, 0) is 78.3 Å². The molecule has 0 saturated heterocycles. The molecule has 4 rings (SSSR count). The van der Waals surface area contributed by atoms with E-state index in [0.29, 0.717) is 5.92 Å². The van der Waals surface area contributed by atoms with Crippen molar-refractivity contribution < 1.29 is 9.53 Å². The second-order valence-corrected chi connectivity index (χ2v) is 6.82. The molecule has 0 N–H and O–H groups in total. The van der Waals surface area contributed by atoms with Gasteiger partial charge in [0.05, 0.1) is 12.7 Å². The van der Waals surface area contributed by atoms with Gasteiger partial charge in [-0.1, -0.05) is 30.3 Å². The summed E-state index contributed by atoms with van der Waals surface area (Å²) in [5.74, 6) is 0.375. The Bertz CT molecular complexity index is 760. The molecule has 2 heteroatoms. The van der Waals surface area contributed by atoms with Crippen LogP contribution in [-0.4, -0.2) is 13.1 Å². The molecule has 2 aliphatic rings. The molecule has 0 heterocycles. The first-order chi connectivity index (χ1) is 11.3. The summed E-state index contributed by atoms with van der Waals surface area (Å²) in [6.45, 7) is 0. The summed E-state index contributed by atoms with van der Waals surface area (Å²) in [5.41, 5.74) is 8.18. The largest absolute Gasteiger partial charge is 0.465 e. The fourth-order valence-electron chi connectivity index (χ4n) is 4.37. The van der Waals surface area contributed by atoms with E-state index in [1.807, 2.05) is 18.2 Å². The first-order valence-corrected chi connectivity index (χ1v) is 8.55. The number of methoxy groups -OCH3 is 1. The van der Waals surface area contributed by atoms with Crippen molar-refractivity contribution in [3.8, 4) is 0 Å². The van der Waals surface area contributed by atoms with Crippen LogP contribution in [0.25, 0.3) is 0 Å². The molecule has 2 aromatic carbocycles. The molecular weight excluding hydrogens is 284 g/mol. The highest BCUT2D eigenvalue weighted by atomic mass is 16.5. The number of aryl methyl sites for hydroxylation is 1. The quantitative estimate of drug-likeness (QED) is 0.803. The summed E-state index contributed by atoms with van der Waals surface area (Å²) in [4.78, 5) is 12.0. The number of hydrogen-bond acceptors (Lipinski definition) is 2. The van der Waals surface area contributed by atoms with Crippen LogP contribution >= 0.6 is 0 Å². The molecule has 0 saturated carbocycles. The lowest BCUT2D eigenvalue weighted by Crippen LogP contribution is -2.10. The van der Waals surface area contributed by atoms with Gasteiger partial charge in [0.1, 0.15) is 0 Å². The number of hydrogen-bond donors (Lipinski definition) is 0. The first-order valence-electron chi connectivity index (χ1n) is 8.55. The van der Waals surface area contributed by atoms with E-state index in [4.69, 9.17) is 4.74 Å². The van der Waals surface area contributed by atoms with E-state index in [9.17, 15) is 4.79 Å². The average Bonchev–Trinajstić information content (AvgIpc) is 3.19. The Kier molecular flexibility index (Phi) is 3.68. The van der Waals surface area contributed by atoms with Crippen LogP contribution in [0, 0.1) is 5.92 Å². The number of rotatable bonds is 3. The predicted molar refractivity (Wildman–Crippen MR) is 90.9 cm³/mol. The van der Waals surface area contributed by atoms with Crippen molar-refractivity contribution >= 4 is 5.97 Å². The third-order valence-electron chi connectivity index (χ3n) is 5.43. The minimum atomic E-state index is -0.225. The second-order valence-electron chi connectivity index (χ2n) is 6.82. The first kappa shape index (κ1) is 14.5. The van der Waals surface area contributed by atoms with Gasteiger partial charge in [-0.25, -0.2) is 4.79 Å². The van der Waals surface area contributed by atoms with Crippen LogP contribution in [0.1, 0.15) is 44.6 Å². The van der Waals surface area contributed by atoms with Gasteiger partial charge in [0.2, 0.25) is 0 Å². The molecule has 23 heavy (non-hydrogen) atoms. The van der Waals surface area contributed by atoms with Crippen LogP contribution < -0.4 is 0 Å². The fraction of sp³-hybridized carbons (Fsp3) is 0.381. The van der Waals surface area contributed by atoms with Gasteiger partial charge in [0.15, 0.2) is 0 Å². The second kappa shape index (κ2) is 5.84. The topological polar surface area (TPSA) is 26.3 Å². The van der Waals surface area contributed by atoms with E-state index in [-0.39, 0.29) is 5.97 Å². The number of carbonyl (C=O) groups is 1. The lowest BCUT2D eigenvalue weighted by molar-refractivity contribution is 0.0599. The van der Waals surface area contributed by atoms with Crippen LogP contribution in [0.5, 0.6) is 0 Å². The van der Waals surface area contributed by atoms with E-state index in [1.165, 1.54) is 31.9 Å². The monoisotopic (exact) mass is 306 g/mol. The number of fused-ring (bicyclic) bond motifs is 3. The summed E-state index contributed by atoms with van der Waals surface area (Å²) in [5, 5.41) is 0. The van der Waals surface area contributed by atoms with Gasteiger partial charge in [-0.2, -0.15) is 0 Å². The zero-order valence-corrected chi connectivity index (χ0v) is 13.6. The van der Waals surface area contributed by atoms with E-state index in [1.54, 1.807) is 16.7 Å². The van der Waals surface area contributed by atoms with E-state index >= 15 is 0 Å². The van der Waals surface area contributed by atoms with Gasteiger partial charge in [0.25, 0.3) is 0 Å². The number of ether oxygens (including phenoxy) is 1. The van der Waals surface area contributed by atoms with Crippen molar-refractivity contribution in [2.75, 3.05) is 7.11 Å². The maximum Gasteiger partial charge on any atom is 0.338 e. The molecule has 0 spiro atoms. The summed E-state index contributed by atoms with van der Waals surface area (Å²) in [6.07, 6.45) is 7.06. The summed E-state index contributed by atoms with van der Waals surface area (Å²) in [7, 11) is 1.45. The highest BCUT2D eigenvalue weighted by Crippen LogP contribution is 2.36. The molecule has 2 nitrogen and oxygen atoms in total. The number of benzene rings is 2. The van der Waals surface area contributed by atoms with Crippen molar-refractivity contribution in [2.24, 2.45) is 5.92 Å². The normalized spacial score (nSPS) is 18.6. The van der Waals surface area contributed by atoms with E-state index in [2.05, 4.69) is 18.2 Å². The maximum absolute atomic E-state index is 12.0. The summed E-state index contributed by atoms with van der Waals surface area (Å²) >= 11 is 0. The minimum Gasteiger partial charge on any atom is -0.465 e.